The van der Waals surface area contributed by atoms with Crippen molar-refractivity contribution in [1.29, 1.82) is 0 Å². The Bertz CT molecular complexity index is 626. The van der Waals surface area contributed by atoms with Crippen molar-refractivity contribution in [2.24, 2.45) is 0 Å². The van der Waals surface area contributed by atoms with E-state index in [4.69, 9.17) is 4.74 Å². The predicted octanol–water partition coefficient (Wildman–Crippen LogP) is 3.68. The predicted molar refractivity (Wildman–Crippen MR) is 91.3 cm³/mol. The van der Waals surface area contributed by atoms with Crippen LogP contribution in [0.1, 0.15) is 44.4 Å². The van der Waals surface area contributed by atoms with E-state index in [2.05, 4.69) is 10.3 Å². The van der Waals surface area contributed by atoms with Gasteiger partial charge in [0.2, 0.25) is 5.91 Å². The van der Waals surface area contributed by atoms with Gasteiger partial charge in [-0.15, -0.1) is 0 Å². The van der Waals surface area contributed by atoms with E-state index in [1.165, 1.54) is 0 Å². The van der Waals surface area contributed by atoms with Gasteiger partial charge in [0.1, 0.15) is 5.75 Å². The minimum absolute atomic E-state index is 0.0385. The van der Waals surface area contributed by atoms with Crippen LogP contribution in [-0.4, -0.2) is 17.0 Å². The van der Waals surface area contributed by atoms with Crippen molar-refractivity contribution in [3.05, 3.63) is 59.9 Å². The number of rotatable bonds is 7. The van der Waals surface area contributed by atoms with Crippen LogP contribution in [0.5, 0.6) is 5.75 Å². The number of nitrogens with zero attached hydrogens (tertiary/aromatic N) is 1. The Hall–Kier alpha value is -2.36. The van der Waals surface area contributed by atoms with Gasteiger partial charge in [-0.1, -0.05) is 18.2 Å². The van der Waals surface area contributed by atoms with Crippen LogP contribution in [0, 0.1) is 0 Å². The maximum Gasteiger partial charge on any atom is 0.220 e. The van der Waals surface area contributed by atoms with Crippen molar-refractivity contribution < 1.29 is 9.53 Å². The second-order valence-corrected chi connectivity index (χ2v) is 5.89. The number of hydrogen-bond donors (Lipinski definition) is 1. The van der Waals surface area contributed by atoms with Crippen molar-refractivity contribution in [3.8, 4) is 5.75 Å². The number of ether oxygens (including phenoxy) is 1. The summed E-state index contributed by atoms with van der Waals surface area (Å²) >= 11 is 0. The lowest BCUT2D eigenvalue weighted by Gasteiger charge is -2.16. The second kappa shape index (κ2) is 8.32. The van der Waals surface area contributed by atoms with Crippen LogP contribution in [0.15, 0.2) is 48.8 Å². The molecule has 0 unspecified atom stereocenters. The molecule has 0 saturated heterocycles. The van der Waals surface area contributed by atoms with E-state index in [0.29, 0.717) is 12.8 Å². The fraction of sp³-hybridized carbons (Fsp3) is 0.368. The zero-order valence-electron chi connectivity index (χ0n) is 14.0. The van der Waals surface area contributed by atoms with E-state index in [1.54, 1.807) is 12.4 Å². The fourth-order valence-corrected chi connectivity index (χ4v) is 2.33. The maximum absolute atomic E-state index is 12.1. The highest BCUT2D eigenvalue weighted by molar-refractivity contribution is 5.76. The molecule has 1 N–H and O–H groups in total. The molecular weight excluding hydrogens is 288 g/mol. The molecule has 0 bridgehead atoms. The number of aryl methyl sites for hydroxylation is 1. The second-order valence-electron chi connectivity index (χ2n) is 5.89. The first-order valence-electron chi connectivity index (χ1n) is 7.99. The third kappa shape index (κ3) is 5.74. The van der Waals surface area contributed by atoms with Gasteiger partial charge in [0.15, 0.2) is 0 Å². The molecule has 0 radical (unpaired) electrons. The molecule has 2 aromatic rings. The third-order valence-corrected chi connectivity index (χ3v) is 3.47. The lowest BCUT2D eigenvalue weighted by molar-refractivity contribution is -0.121. The summed E-state index contributed by atoms with van der Waals surface area (Å²) in [6.45, 7) is 5.98. The quantitative estimate of drug-likeness (QED) is 0.848. The van der Waals surface area contributed by atoms with Gasteiger partial charge in [-0.3, -0.25) is 9.78 Å². The Morgan fingerprint density at radius 1 is 1.22 bits per heavy atom. The fourth-order valence-electron chi connectivity index (χ4n) is 2.33. The van der Waals surface area contributed by atoms with Gasteiger partial charge in [0.25, 0.3) is 0 Å². The largest absolute Gasteiger partial charge is 0.491 e. The molecule has 1 heterocycles. The first-order valence-corrected chi connectivity index (χ1v) is 7.99. The molecule has 1 aromatic heterocycles. The molecule has 1 amide bonds. The Labute approximate surface area is 137 Å². The highest BCUT2D eigenvalue weighted by Gasteiger charge is 2.11. The minimum Gasteiger partial charge on any atom is -0.491 e. The summed E-state index contributed by atoms with van der Waals surface area (Å²) < 4.78 is 5.70. The van der Waals surface area contributed by atoms with Gasteiger partial charge in [-0.05, 0) is 56.5 Å². The molecular formula is C19H24N2O2. The Kier molecular flexibility index (Phi) is 6.15. The average Bonchev–Trinajstić information content (AvgIpc) is 2.53. The number of carbonyl (C=O) groups excluding carboxylic acids is 1. The topological polar surface area (TPSA) is 51.2 Å². The van der Waals surface area contributed by atoms with Crippen molar-refractivity contribution in [3.63, 3.8) is 0 Å². The van der Waals surface area contributed by atoms with E-state index < -0.39 is 0 Å². The summed E-state index contributed by atoms with van der Waals surface area (Å²) in [6, 6.07) is 11.7. The maximum atomic E-state index is 12.1. The smallest absolute Gasteiger partial charge is 0.220 e. The molecule has 1 aromatic carbocycles. The lowest BCUT2D eigenvalue weighted by Crippen LogP contribution is -2.26. The SMILES string of the molecule is CC(C)Oc1cccc([C@@H](C)NC(=O)CCc2cccnc2)c1. The number of benzene rings is 1. The summed E-state index contributed by atoms with van der Waals surface area (Å²) in [7, 11) is 0. The summed E-state index contributed by atoms with van der Waals surface area (Å²) in [6.07, 6.45) is 4.82. The van der Waals surface area contributed by atoms with E-state index in [-0.39, 0.29) is 18.1 Å². The Morgan fingerprint density at radius 2 is 2.04 bits per heavy atom. The molecule has 0 fully saturated rings. The molecule has 0 spiro atoms. The Balaban J connectivity index is 1.88. The van der Waals surface area contributed by atoms with Crippen molar-refractivity contribution in [2.45, 2.75) is 45.8 Å². The van der Waals surface area contributed by atoms with Crippen LogP contribution in [0.3, 0.4) is 0 Å². The van der Waals surface area contributed by atoms with E-state index in [0.717, 1.165) is 16.9 Å². The first kappa shape index (κ1) is 17.0. The molecule has 0 saturated carbocycles. The van der Waals surface area contributed by atoms with Crippen LogP contribution in [0.2, 0.25) is 0 Å². The van der Waals surface area contributed by atoms with Gasteiger partial charge < -0.3 is 10.1 Å². The molecule has 4 nitrogen and oxygen atoms in total. The Morgan fingerprint density at radius 3 is 2.74 bits per heavy atom. The van der Waals surface area contributed by atoms with E-state index in [9.17, 15) is 4.79 Å². The summed E-state index contributed by atoms with van der Waals surface area (Å²) in [5, 5.41) is 3.03. The lowest BCUT2D eigenvalue weighted by atomic mass is 10.1. The first-order chi connectivity index (χ1) is 11.0. The molecule has 1 atom stereocenters. The summed E-state index contributed by atoms with van der Waals surface area (Å²) in [5.74, 6) is 0.866. The number of pyridine rings is 1. The monoisotopic (exact) mass is 312 g/mol. The molecule has 122 valence electrons. The molecule has 0 aliphatic rings. The number of carbonyl (C=O) groups is 1. The molecule has 0 aliphatic heterocycles. The highest BCUT2D eigenvalue weighted by atomic mass is 16.5. The van der Waals surface area contributed by atoms with Crippen LogP contribution in [-0.2, 0) is 11.2 Å². The zero-order valence-corrected chi connectivity index (χ0v) is 14.0. The van der Waals surface area contributed by atoms with E-state index >= 15 is 0 Å². The van der Waals surface area contributed by atoms with Gasteiger partial charge in [0.05, 0.1) is 12.1 Å². The normalized spacial score (nSPS) is 12.0. The van der Waals surface area contributed by atoms with Crippen LogP contribution in [0.25, 0.3) is 0 Å². The van der Waals surface area contributed by atoms with Crippen molar-refractivity contribution in [1.82, 2.24) is 10.3 Å². The standard InChI is InChI=1S/C19H24N2O2/c1-14(2)23-18-8-4-7-17(12-18)15(3)21-19(22)10-9-16-6-5-11-20-13-16/h4-8,11-15H,9-10H2,1-3H3,(H,21,22)/t15-/m1/s1. The van der Waals surface area contributed by atoms with Gasteiger partial charge in [-0.25, -0.2) is 0 Å². The minimum atomic E-state index is -0.0490. The highest BCUT2D eigenvalue weighted by Crippen LogP contribution is 2.20. The molecule has 2 rings (SSSR count). The van der Waals surface area contributed by atoms with Gasteiger partial charge >= 0.3 is 0 Å². The van der Waals surface area contributed by atoms with Crippen LogP contribution >= 0.6 is 0 Å². The summed E-state index contributed by atoms with van der Waals surface area (Å²) in [5.41, 5.74) is 2.11. The molecule has 23 heavy (non-hydrogen) atoms. The zero-order chi connectivity index (χ0) is 16.7. The third-order valence-electron chi connectivity index (χ3n) is 3.47. The average molecular weight is 312 g/mol. The van der Waals surface area contributed by atoms with Crippen LogP contribution < -0.4 is 10.1 Å². The van der Waals surface area contributed by atoms with E-state index in [1.807, 2.05) is 57.2 Å². The van der Waals surface area contributed by atoms with Crippen LogP contribution in [0.4, 0.5) is 0 Å². The van der Waals surface area contributed by atoms with Gasteiger partial charge in [0, 0.05) is 18.8 Å². The van der Waals surface area contributed by atoms with Gasteiger partial charge in [-0.2, -0.15) is 0 Å². The summed E-state index contributed by atoms with van der Waals surface area (Å²) in [4.78, 5) is 16.2. The van der Waals surface area contributed by atoms with Crippen molar-refractivity contribution >= 4 is 5.91 Å². The number of aromatic nitrogens is 1. The molecule has 0 aliphatic carbocycles. The molecule has 4 heteroatoms. The number of amides is 1. The van der Waals surface area contributed by atoms with Crippen molar-refractivity contribution in [2.75, 3.05) is 0 Å². The number of nitrogens with one attached hydrogen (secondary N) is 1. The number of hydrogen-bond acceptors (Lipinski definition) is 3.